The Kier molecular flexibility index (Phi) is 8.73. The molecule has 20 aromatic carbocycles. The van der Waals surface area contributed by atoms with Crippen molar-refractivity contribution in [3.05, 3.63) is 266 Å². The molecule has 0 unspecified atom stereocenters. The van der Waals surface area contributed by atoms with Crippen LogP contribution in [-0.2, 0) is 6.42 Å². The van der Waals surface area contributed by atoms with Gasteiger partial charge in [-0.15, -0.1) is 0 Å². The molecule has 384 valence electrons. The fourth-order valence-electron chi connectivity index (χ4n) is 15.2. The van der Waals surface area contributed by atoms with E-state index < -0.39 is 0 Å². The number of hydrogen-bond acceptors (Lipinski definition) is 0. The van der Waals surface area contributed by atoms with E-state index in [0.29, 0.717) is 0 Å². The molecule has 0 saturated carbocycles. The van der Waals surface area contributed by atoms with E-state index in [-0.39, 0.29) is 0 Å². The highest BCUT2D eigenvalue weighted by Gasteiger charge is 2.14. The van der Waals surface area contributed by atoms with E-state index in [9.17, 15) is 0 Å². The highest BCUT2D eigenvalue weighted by Crippen LogP contribution is 2.41. The Morgan fingerprint density at radius 3 is 0.536 bits per heavy atom. The zero-order valence-electron chi connectivity index (χ0n) is 46.0. The summed E-state index contributed by atoms with van der Waals surface area (Å²) in [5.41, 5.74) is 1.41. The molecule has 0 N–H and O–H groups in total. The van der Waals surface area contributed by atoms with Crippen LogP contribution in [0.4, 0.5) is 0 Å². The van der Waals surface area contributed by atoms with Gasteiger partial charge in [-0.2, -0.15) is 0 Å². The highest BCUT2D eigenvalue weighted by molar-refractivity contribution is 6.21. The summed E-state index contributed by atoms with van der Waals surface area (Å²) in [5.74, 6) is 0. The molecule has 0 saturated heterocycles. The number of benzene rings is 20. The summed E-state index contributed by atoms with van der Waals surface area (Å²) in [6.45, 7) is 2.25. The van der Waals surface area contributed by atoms with Crippen LogP contribution >= 0.6 is 0 Å². The molecule has 0 spiro atoms. The first-order valence-corrected chi connectivity index (χ1v) is 29.7. The van der Waals surface area contributed by atoms with Crippen molar-refractivity contribution in [1.82, 2.24) is 0 Å². The van der Waals surface area contributed by atoms with Gasteiger partial charge < -0.3 is 0 Å². The van der Waals surface area contributed by atoms with Crippen LogP contribution < -0.4 is 0 Å². The van der Waals surface area contributed by atoms with Crippen molar-refractivity contribution in [3.8, 4) is 0 Å². The molecule has 0 bridgehead atoms. The lowest BCUT2D eigenvalue weighted by molar-refractivity contribution is 1.16. The van der Waals surface area contributed by atoms with Gasteiger partial charge in [0.1, 0.15) is 0 Å². The average Bonchev–Trinajstić information content (AvgIpc) is 3.13. The van der Waals surface area contributed by atoms with Crippen LogP contribution in [0.3, 0.4) is 0 Å². The minimum absolute atomic E-state index is 1.03. The Morgan fingerprint density at radius 2 is 0.310 bits per heavy atom. The van der Waals surface area contributed by atoms with Gasteiger partial charge in [0.2, 0.25) is 0 Å². The molecule has 0 aliphatic rings. The molecule has 0 aromatic heterocycles. The van der Waals surface area contributed by atoms with E-state index in [1.54, 1.807) is 0 Å². The van der Waals surface area contributed by atoms with E-state index in [4.69, 9.17) is 0 Å². The van der Waals surface area contributed by atoms with Crippen molar-refractivity contribution < 1.29 is 0 Å². The van der Waals surface area contributed by atoms with E-state index in [1.807, 2.05) is 0 Å². The van der Waals surface area contributed by atoms with Crippen LogP contribution in [0.15, 0.2) is 261 Å². The molecule has 0 fully saturated rings. The molecule has 0 nitrogen and oxygen atoms in total. The maximum atomic E-state index is 2.44. The van der Waals surface area contributed by atoms with E-state index in [2.05, 4.69) is 268 Å². The van der Waals surface area contributed by atoms with Gasteiger partial charge >= 0.3 is 0 Å². The van der Waals surface area contributed by atoms with Gasteiger partial charge in [-0.1, -0.05) is 61.5 Å². The Bertz CT molecular complexity index is 6500. The minimum Gasteiger partial charge on any atom is -0.0616 e. The molecule has 20 rings (SSSR count). The van der Waals surface area contributed by atoms with Gasteiger partial charge in [-0.25, -0.2) is 0 Å². The average molecular weight is 1060 g/mol. The molecule has 0 atom stereocenters. The molecule has 0 heteroatoms. The van der Waals surface area contributed by atoms with Crippen LogP contribution in [0.5, 0.6) is 0 Å². The molecule has 0 aliphatic heterocycles. The van der Waals surface area contributed by atoms with E-state index >= 15 is 0 Å². The van der Waals surface area contributed by atoms with Crippen molar-refractivity contribution in [2.75, 3.05) is 0 Å². The van der Waals surface area contributed by atoms with Crippen LogP contribution in [0, 0.1) is 0 Å². The largest absolute Gasteiger partial charge is 0.0616 e. The zero-order valence-corrected chi connectivity index (χ0v) is 46.0. The Hall–Kier alpha value is -10.7. The first-order valence-electron chi connectivity index (χ1n) is 29.7. The summed E-state index contributed by atoms with van der Waals surface area (Å²) in [6.07, 6.45) is 1.03. The standard InChI is InChI=1S/C84H48/c1-2-46-8-5-9-49-14-54-19-59-24-64-29-69-30-65-25-60-20-55-15-50-10-11-51-16-56-21-61-26-66-31-70-32-67-27-62-22-57-17-52-12-47-6-3-4-7-48(47)13-53(52)18-58(57)23-63(62)28-68(67)33-71(70)35-74(66)38-77(61)41-80(56)44-83(51)84(50)45-81(55)42-78(60)39-75(65)36-72(69)34-73(64)37-76(59)40-79(54)43-82(46)49/h3-45H,2H2,1H3. The van der Waals surface area contributed by atoms with E-state index in [0.717, 1.165) is 6.42 Å². The maximum absolute atomic E-state index is 2.44. The lowest BCUT2D eigenvalue weighted by Crippen LogP contribution is -1.85. The SMILES string of the molecule is CCc1cccc2cc3cc4cc5cc6cc7cc8cc9cc%10ccc%11cc%12cc%13cc%14cc%15cc%16cc%17cc%18cc%19cc%20ccccc%20cc%19cc%18cc%17cc%16cc%15cc%14cc%13cc%12cc%11c%10cc9cc8cc7cc6cc5cc4cc3cc12. The quantitative estimate of drug-likeness (QED) is 0.114. The third-order valence-electron chi connectivity index (χ3n) is 19.5. The second-order valence-corrected chi connectivity index (χ2v) is 24.5. The molecule has 0 aliphatic carbocycles. The third kappa shape index (κ3) is 6.71. The number of aryl methyl sites for hydroxylation is 1. The van der Waals surface area contributed by atoms with Gasteiger partial charge in [0.25, 0.3) is 0 Å². The molecule has 20 aromatic rings. The van der Waals surface area contributed by atoms with Gasteiger partial charge in [0, 0.05) is 0 Å². The smallest absolute Gasteiger partial charge is 0.00988 e. The van der Waals surface area contributed by atoms with Crippen LogP contribution in [0.25, 0.3) is 205 Å². The topological polar surface area (TPSA) is 0 Å². The van der Waals surface area contributed by atoms with Gasteiger partial charge in [-0.05, 0) is 423 Å². The summed E-state index contributed by atoms with van der Waals surface area (Å²) in [5, 5.41) is 48.6. The third-order valence-corrected chi connectivity index (χ3v) is 19.5. The lowest BCUT2D eigenvalue weighted by atomic mass is 9.92. The summed E-state index contributed by atoms with van der Waals surface area (Å²) in [7, 11) is 0. The Labute approximate surface area is 481 Å². The molecular formula is C84H48. The monoisotopic (exact) mass is 1060 g/mol. The Morgan fingerprint density at radius 1 is 0.143 bits per heavy atom. The molecule has 0 heterocycles. The second kappa shape index (κ2) is 16.3. The van der Waals surface area contributed by atoms with Gasteiger partial charge in [0.15, 0.2) is 0 Å². The second-order valence-electron chi connectivity index (χ2n) is 24.5. The predicted octanol–water partition coefficient (Wildman–Crippen LogP) is 24.2. The zero-order chi connectivity index (χ0) is 54.6. The number of rotatable bonds is 1. The van der Waals surface area contributed by atoms with E-state index in [1.165, 1.54) is 210 Å². The molecule has 0 radical (unpaired) electrons. The van der Waals surface area contributed by atoms with Crippen LogP contribution in [0.1, 0.15) is 12.5 Å². The van der Waals surface area contributed by atoms with Gasteiger partial charge in [-0.3, -0.25) is 0 Å². The first-order chi connectivity index (χ1) is 41.3. The van der Waals surface area contributed by atoms with Crippen molar-refractivity contribution in [3.63, 3.8) is 0 Å². The summed E-state index contributed by atoms with van der Waals surface area (Å²) >= 11 is 0. The van der Waals surface area contributed by atoms with Gasteiger partial charge in [0.05, 0.1) is 0 Å². The number of fused-ring (bicyclic) bond motifs is 20. The van der Waals surface area contributed by atoms with Crippen LogP contribution in [-0.4, -0.2) is 0 Å². The van der Waals surface area contributed by atoms with Crippen LogP contribution in [0.2, 0.25) is 0 Å². The van der Waals surface area contributed by atoms with Crippen molar-refractivity contribution in [2.24, 2.45) is 0 Å². The molecule has 0 amide bonds. The normalized spacial score (nSPS) is 12.6. The summed E-state index contributed by atoms with van der Waals surface area (Å²) in [4.78, 5) is 0. The first kappa shape index (κ1) is 45.0. The lowest BCUT2D eigenvalue weighted by Gasteiger charge is -2.12. The van der Waals surface area contributed by atoms with Crippen molar-refractivity contribution >= 4 is 205 Å². The summed E-state index contributed by atoms with van der Waals surface area (Å²) in [6, 6.07) is 101. The fourth-order valence-corrected chi connectivity index (χ4v) is 15.2. The molecular weight excluding hydrogens is 1010 g/mol. The minimum atomic E-state index is 1.03. The van der Waals surface area contributed by atoms with Crippen molar-refractivity contribution in [2.45, 2.75) is 13.3 Å². The predicted molar refractivity (Wildman–Crippen MR) is 368 cm³/mol. The highest BCUT2D eigenvalue weighted by atomic mass is 14.2. The maximum Gasteiger partial charge on any atom is -0.00988 e. The van der Waals surface area contributed by atoms with Crippen molar-refractivity contribution in [1.29, 1.82) is 0 Å². The molecule has 84 heavy (non-hydrogen) atoms. The number of hydrogen-bond donors (Lipinski definition) is 0. The fraction of sp³-hybridized carbons (Fsp3) is 0.0238. The summed E-state index contributed by atoms with van der Waals surface area (Å²) < 4.78 is 0. The Balaban J connectivity index is 0.664.